The van der Waals surface area contributed by atoms with Crippen LogP contribution in [-0.4, -0.2) is 41.9 Å². The monoisotopic (exact) mass is 460 g/mol. The maximum absolute atomic E-state index is 13.0. The highest BCUT2D eigenvalue weighted by atomic mass is 35.5. The smallest absolute Gasteiger partial charge is 0.257 e. The molecule has 8 nitrogen and oxygen atoms in total. The molecule has 1 fully saturated rings. The van der Waals surface area contributed by atoms with Gasteiger partial charge in [-0.25, -0.2) is 8.42 Å². The molecule has 1 aliphatic rings. The van der Waals surface area contributed by atoms with Gasteiger partial charge in [-0.05, 0) is 61.4 Å². The maximum atomic E-state index is 13.0. The van der Waals surface area contributed by atoms with Crippen LogP contribution in [0.3, 0.4) is 0 Å². The van der Waals surface area contributed by atoms with Crippen LogP contribution in [0, 0.1) is 0 Å². The summed E-state index contributed by atoms with van der Waals surface area (Å²) in [6.45, 7) is 2.13. The van der Waals surface area contributed by atoms with E-state index >= 15 is 0 Å². The first kappa shape index (κ1) is 21.5. The number of hydrogen-bond donors (Lipinski definition) is 1. The van der Waals surface area contributed by atoms with Gasteiger partial charge in [0.2, 0.25) is 15.9 Å². The van der Waals surface area contributed by atoms with Gasteiger partial charge in [-0.15, -0.1) is 0 Å². The van der Waals surface area contributed by atoms with Crippen LogP contribution in [0.1, 0.15) is 31.5 Å². The van der Waals surface area contributed by atoms with Gasteiger partial charge in [-0.3, -0.25) is 4.79 Å². The number of aromatic nitrogens is 2. The second-order valence-corrected chi connectivity index (χ2v) is 9.72. The second-order valence-electron chi connectivity index (χ2n) is 7.35. The molecule has 0 radical (unpaired) electrons. The van der Waals surface area contributed by atoms with Gasteiger partial charge in [0.1, 0.15) is 0 Å². The predicted molar refractivity (Wildman–Crippen MR) is 116 cm³/mol. The standard InChI is InChI=1S/C21H21ClN4O4S/c1-14(27)23-18-6-8-19(9-7-18)31(28,29)26-12-10-15(11-13-26)20-24-21(30-25-20)16-2-4-17(22)5-3-16/h2-9,15H,10-13H2,1H3,(H,23,27). The molecule has 1 N–H and O–H groups in total. The highest BCUT2D eigenvalue weighted by molar-refractivity contribution is 7.89. The van der Waals surface area contributed by atoms with E-state index in [0.29, 0.717) is 48.4 Å². The molecule has 0 aliphatic carbocycles. The minimum atomic E-state index is -3.61. The van der Waals surface area contributed by atoms with Crippen molar-refractivity contribution in [3.05, 3.63) is 59.4 Å². The van der Waals surface area contributed by atoms with Crippen LogP contribution in [0.15, 0.2) is 57.9 Å². The van der Waals surface area contributed by atoms with Crippen molar-refractivity contribution >= 4 is 33.2 Å². The molecule has 0 atom stereocenters. The van der Waals surface area contributed by atoms with Crippen LogP contribution in [-0.2, 0) is 14.8 Å². The molecule has 2 aromatic carbocycles. The first-order chi connectivity index (χ1) is 14.8. The Morgan fingerprint density at radius 2 is 1.74 bits per heavy atom. The van der Waals surface area contributed by atoms with Gasteiger partial charge in [0.25, 0.3) is 5.89 Å². The molecular weight excluding hydrogens is 440 g/mol. The molecule has 3 aromatic rings. The Morgan fingerprint density at radius 1 is 1.10 bits per heavy atom. The fourth-order valence-electron chi connectivity index (χ4n) is 3.53. The summed E-state index contributed by atoms with van der Waals surface area (Å²) in [5.74, 6) is 0.819. The van der Waals surface area contributed by atoms with Crippen molar-refractivity contribution in [2.75, 3.05) is 18.4 Å². The Labute approximate surface area is 185 Å². The lowest BCUT2D eigenvalue weighted by Crippen LogP contribution is -2.38. The number of halogens is 1. The summed E-state index contributed by atoms with van der Waals surface area (Å²) in [4.78, 5) is 15.8. The summed E-state index contributed by atoms with van der Waals surface area (Å²) in [5, 5.41) is 7.35. The van der Waals surface area contributed by atoms with Crippen LogP contribution >= 0.6 is 11.6 Å². The third kappa shape index (κ3) is 4.79. The zero-order chi connectivity index (χ0) is 22.0. The van der Waals surface area contributed by atoms with Gasteiger partial charge in [-0.1, -0.05) is 16.8 Å². The van der Waals surface area contributed by atoms with E-state index in [-0.39, 0.29) is 16.7 Å². The molecule has 1 aromatic heterocycles. The van der Waals surface area contributed by atoms with E-state index in [9.17, 15) is 13.2 Å². The van der Waals surface area contributed by atoms with Crippen molar-refractivity contribution in [1.82, 2.24) is 14.4 Å². The Hall–Kier alpha value is -2.75. The summed E-state index contributed by atoms with van der Waals surface area (Å²) < 4.78 is 32.8. The molecule has 1 saturated heterocycles. The van der Waals surface area contributed by atoms with Crippen molar-refractivity contribution < 1.29 is 17.7 Å². The van der Waals surface area contributed by atoms with Gasteiger partial charge in [0.05, 0.1) is 4.90 Å². The van der Waals surface area contributed by atoms with Gasteiger partial charge >= 0.3 is 0 Å². The Balaban J connectivity index is 1.41. The van der Waals surface area contributed by atoms with E-state index in [0.717, 1.165) is 5.56 Å². The highest BCUT2D eigenvalue weighted by Gasteiger charge is 2.32. The molecule has 162 valence electrons. The SMILES string of the molecule is CC(=O)Nc1ccc(S(=O)(=O)N2CCC(c3noc(-c4ccc(Cl)cc4)n3)CC2)cc1. The third-order valence-electron chi connectivity index (χ3n) is 5.16. The number of carbonyl (C=O) groups is 1. The number of nitrogens with one attached hydrogen (secondary N) is 1. The number of carbonyl (C=O) groups excluding carboxylic acids is 1. The zero-order valence-electron chi connectivity index (χ0n) is 16.8. The van der Waals surface area contributed by atoms with Gasteiger partial charge in [0.15, 0.2) is 5.82 Å². The first-order valence-electron chi connectivity index (χ1n) is 9.80. The van der Waals surface area contributed by atoms with Crippen LogP contribution in [0.5, 0.6) is 0 Å². The Morgan fingerprint density at radius 3 is 2.35 bits per heavy atom. The van der Waals surface area contributed by atoms with E-state index in [1.165, 1.54) is 23.4 Å². The molecule has 4 rings (SSSR count). The van der Waals surface area contributed by atoms with Crippen molar-refractivity contribution in [2.24, 2.45) is 0 Å². The minimum Gasteiger partial charge on any atom is -0.334 e. The van der Waals surface area contributed by atoms with Crippen molar-refractivity contribution in [3.8, 4) is 11.5 Å². The fraction of sp³-hybridized carbons (Fsp3) is 0.286. The summed E-state index contributed by atoms with van der Waals surface area (Å²) in [6, 6.07) is 13.3. The van der Waals surface area contributed by atoms with Crippen LogP contribution in [0.4, 0.5) is 5.69 Å². The van der Waals surface area contributed by atoms with Crippen molar-refractivity contribution in [1.29, 1.82) is 0 Å². The number of nitrogens with zero attached hydrogens (tertiary/aromatic N) is 3. The molecule has 2 heterocycles. The number of piperidine rings is 1. The summed E-state index contributed by atoms with van der Waals surface area (Å²) in [7, 11) is -3.61. The van der Waals surface area contributed by atoms with Crippen LogP contribution in [0.25, 0.3) is 11.5 Å². The third-order valence-corrected chi connectivity index (χ3v) is 7.33. The van der Waals surface area contributed by atoms with E-state index in [4.69, 9.17) is 16.1 Å². The molecule has 1 amide bonds. The molecule has 0 spiro atoms. The van der Waals surface area contributed by atoms with Gasteiger partial charge in [0, 0.05) is 42.2 Å². The lowest BCUT2D eigenvalue weighted by Gasteiger charge is -2.29. The van der Waals surface area contributed by atoms with E-state index in [2.05, 4.69) is 15.5 Å². The quantitative estimate of drug-likeness (QED) is 0.618. The van der Waals surface area contributed by atoms with Crippen LogP contribution < -0.4 is 5.32 Å². The summed E-state index contributed by atoms with van der Waals surface area (Å²) in [6.07, 6.45) is 1.20. The molecule has 0 saturated carbocycles. The molecule has 0 bridgehead atoms. The summed E-state index contributed by atoms with van der Waals surface area (Å²) in [5.41, 5.74) is 1.34. The van der Waals surface area contributed by atoms with E-state index < -0.39 is 10.0 Å². The average molecular weight is 461 g/mol. The first-order valence-corrected chi connectivity index (χ1v) is 11.6. The second kappa shape index (κ2) is 8.78. The number of amides is 1. The van der Waals surface area contributed by atoms with Crippen molar-refractivity contribution in [2.45, 2.75) is 30.6 Å². The normalized spacial score (nSPS) is 15.7. The Kier molecular flexibility index (Phi) is 6.08. The number of anilines is 1. The highest BCUT2D eigenvalue weighted by Crippen LogP contribution is 2.31. The van der Waals surface area contributed by atoms with E-state index in [1.54, 1.807) is 24.3 Å². The molecular formula is C21H21ClN4O4S. The zero-order valence-corrected chi connectivity index (χ0v) is 18.4. The molecule has 31 heavy (non-hydrogen) atoms. The largest absolute Gasteiger partial charge is 0.334 e. The van der Waals surface area contributed by atoms with Crippen LogP contribution in [0.2, 0.25) is 5.02 Å². The number of sulfonamides is 1. The van der Waals surface area contributed by atoms with Gasteiger partial charge in [-0.2, -0.15) is 9.29 Å². The lowest BCUT2D eigenvalue weighted by molar-refractivity contribution is -0.114. The topological polar surface area (TPSA) is 105 Å². The molecule has 10 heteroatoms. The summed E-state index contributed by atoms with van der Waals surface area (Å²) >= 11 is 5.91. The minimum absolute atomic E-state index is 0.0263. The lowest BCUT2D eigenvalue weighted by atomic mass is 9.97. The fourth-order valence-corrected chi connectivity index (χ4v) is 5.12. The van der Waals surface area contributed by atoms with E-state index in [1.807, 2.05) is 12.1 Å². The molecule has 1 aliphatic heterocycles. The predicted octanol–water partition coefficient (Wildman–Crippen LogP) is 3.92. The number of rotatable bonds is 5. The number of benzene rings is 2. The average Bonchev–Trinajstić information content (AvgIpc) is 3.25. The molecule has 0 unspecified atom stereocenters. The maximum Gasteiger partial charge on any atom is 0.257 e. The van der Waals surface area contributed by atoms with Gasteiger partial charge < -0.3 is 9.84 Å². The number of hydrogen-bond acceptors (Lipinski definition) is 6. The van der Waals surface area contributed by atoms with Crippen molar-refractivity contribution in [3.63, 3.8) is 0 Å². The Bertz CT molecular complexity index is 1170.